The SMILES string of the molecule is Cn1ccnc1C(=O)[C@@H]1CCCN(Cc2nc3c(s2)CCCC3)C1. The van der Waals surface area contributed by atoms with E-state index < -0.39 is 0 Å². The van der Waals surface area contributed by atoms with E-state index in [1.54, 1.807) is 6.20 Å². The van der Waals surface area contributed by atoms with Gasteiger partial charge in [0, 0.05) is 36.8 Å². The number of ketones is 1. The number of thiazole rings is 1. The highest BCUT2D eigenvalue weighted by atomic mass is 32.1. The van der Waals surface area contributed by atoms with E-state index in [1.165, 1.54) is 34.8 Å². The summed E-state index contributed by atoms with van der Waals surface area (Å²) in [6.07, 6.45) is 10.5. The van der Waals surface area contributed by atoms with Crippen molar-refractivity contribution in [3.05, 3.63) is 33.8 Å². The minimum Gasteiger partial charge on any atom is -0.332 e. The second-order valence-corrected chi connectivity index (χ2v) is 8.15. The van der Waals surface area contributed by atoms with Gasteiger partial charge in [-0.3, -0.25) is 9.69 Å². The van der Waals surface area contributed by atoms with Crippen molar-refractivity contribution in [3.8, 4) is 0 Å². The molecule has 0 aromatic carbocycles. The van der Waals surface area contributed by atoms with E-state index in [1.807, 2.05) is 29.1 Å². The highest BCUT2D eigenvalue weighted by Gasteiger charge is 2.29. The molecule has 1 aliphatic carbocycles. The summed E-state index contributed by atoms with van der Waals surface area (Å²) in [4.78, 5) is 25.7. The quantitative estimate of drug-likeness (QED) is 0.800. The Hall–Kier alpha value is -1.53. The maximum Gasteiger partial charge on any atom is 0.202 e. The van der Waals surface area contributed by atoms with Gasteiger partial charge in [-0.2, -0.15) is 0 Å². The molecular formula is C18H24N4OS. The monoisotopic (exact) mass is 344 g/mol. The zero-order valence-corrected chi connectivity index (χ0v) is 15.0. The number of rotatable bonds is 4. The first-order valence-corrected chi connectivity index (χ1v) is 9.73. The van der Waals surface area contributed by atoms with E-state index in [0.29, 0.717) is 5.82 Å². The summed E-state index contributed by atoms with van der Waals surface area (Å²) in [7, 11) is 1.89. The Kier molecular flexibility index (Phi) is 4.50. The van der Waals surface area contributed by atoms with Crippen LogP contribution in [0, 0.1) is 5.92 Å². The number of carbonyl (C=O) groups is 1. The summed E-state index contributed by atoms with van der Waals surface area (Å²) >= 11 is 1.88. The third-order valence-electron chi connectivity index (χ3n) is 5.17. The van der Waals surface area contributed by atoms with Gasteiger partial charge in [0.15, 0.2) is 5.82 Å². The molecule has 0 spiro atoms. The van der Waals surface area contributed by atoms with Crippen molar-refractivity contribution < 1.29 is 4.79 Å². The number of nitrogens with zero attached hydrogens (tertiary/aromatic N) is 4. The first-order chi connectivity index (χ1) is 11.7. The average Bonchev–Trinajstić information content (AvgIpc) is 3.19. The number of fused-ring (bicyclic) bond motifs is 1. The number of aromatic nitrogens is 3. The predicted molar refractivity (Wildman–Crippen MR) is 94.3 cm³/mol. The maximum absolute atomic E-state index is 12.7. The summed E-state index contributed by atoms with van der Waals surface area (Å²) < 4.78 is 1.83. The first-order valence-electron chi connectivity index (χ1n) is 8.92. The van der Waals surface area contributed by atoms with Crippen molar-refractivity contribution in [3.63, 3.8) is 0 Å². The Morgan fingerprint density at radius 3 is 3.00 bits per heavy atom. The summed E-state index contributed by atoms with van der Waals surface area (Å²) in [5.41, 5.74) is 1.33. The Labute approximate surface area is 146 Å². The van der Waals surface area contributed by atoms with Crippen molar-refractivity contribution in [2.24, 2.45) is 13.0 Å². The highest BCUT2D eigenvalue weighted by Crippen LogP contribution is 2.28. The molecule has 24 heavy (non-hydrogen) atoms. The number of carbonyl (C=O) groups excluding carboxylic acids is 1. The van der Waals surface area contributed by atoms with E-state index in [2.05, 4.69) is 9.88 Å². The van der Waals surface area contributed by atoms with Crippen LogP contribution >= 0.6 is 11.3 Å². The lowest BCUT2D eigenvalue weighted by Crippen LogP contribution is -2.38. The third kappa shape index (κ3) is 3.17. The van der Waals surface area contributed by atoms with E-state index in [4.69, 9.17) is 4.98 Å². The predicted octanol–water partition coefficient (Wildman–Crippen LogP) is 2.85. The van der Waals surface area contributed by atoms with Crippen LogP contribution in [0.15, 0.2) is 12.4 Å². The molecule has 2 aromatic heterocycles. The van der Waals surface area contributed by atoms with Gasteiger partial charge in [0.05, 0.1) is 12.2 Å². The molecule has 4 rings (SSSR count). The Balaban J connectivity index is 1.42. The van der Waals surface area contributed by atoms with Crippen LogP contribution in [0.3, 0.4) is 0 Å². The van der Waals surface area contributed by atoms with Gasteiger partial charge in [-0.15, -0.1) is 11.3 Å². The van der Waals surface area contributed by atoms with Gasteiger partial charge in [0.1, 0.15) is 5.01 Å². The fraction of sp³-hybridized carbons (Fsp3) is 0.611. The number of hydrogen-bond donors (Lipinski definition) is 0. The van der Waals surface area contributed by atoms with Gasteiger partial charge in [-0.05, 0) is 45.1 Å². The topological polar surface area (TPSA) is 51.0 Å². The zero-order valence-electron chi connectivity index (χ0n) is 14.2. The Bertz CT molecular complexity index is 712. The molecule has 2 aromatic rings. The first kappa shape index (κ1) is 16.0. The fourth-order valence-electron chi connectivity index (χ4n) is 3.86. The fourth-order valence-corrected chi connectivity index (χ4v) is 5.06. The largest absolute Gasteiger partial charge is 0.332 e. The maximum atomic E-state index is 12.7. The van der Waals surface area contributed by atoms with Crippen molar-refractivity contribution in [1.82, 2.24) is 19.4 Å². The molecule has 5 nitrogen and oxygen atoms in total. The number of piperidine rings is 1. The van der Waals surface area contributed by atoms with Gasteiger partial charge >= 0.3 is 0 Å². The Morgan fingerprint density at radius 2 is 2.21 bits per heavy atom. The molecule has 0 saturated carbocycles. The second-order valence-electron chi connectivity index (χ2n) is 6.98. The lowest BCUT2D eigenvalue weighted by Gasteiger charge is -2.31. The van der Waals surface area contributed by atoms with Crippen LogP contribution in [-0.2, 0) is 26.4 Å². The Morgan fingerprint density at radius 1 is 1.33 bits per heavy atom. The van der Waals surface area contributed by atoms with E-state index >= 15 is 0 Å². The standard InChI is InChI=1S/C18H24N4OS/c1-21-10-8-19-18(21)17(23)13-5-4-9-22(11-13)12-16-20-14-6-2-3-7-15(14)24-16/h8,10,13H,2-7,9,11-12H2,1H3/t13-/m1/s1. The van der Waals surface area contributed by atoms with E-state index in [0.717, 1.165) is 38.9 Å². The van der Waals surface area contributed by atoms with Crippen LogP contribution < -0.4 is 0 Å². The zero-order chi connectivity index (χ0) is 16.5. The van der Waals surface area contributed by atoms with Crippen LogP contribution in [0.4, 0.5) is 0 Å². The average molecular weight is 344 g/mol. The smallest absolute Gasteiger partial charge is 0.202 e. The number of hydrogen-bond acceptors (Lipinski definition) is 5. The lowest BCUT2D eigenvalue weighted by atomic mass is 9.93. The molecule has 0 bridgehead atoms. The van der Waals surface area contributed by atoms with Gasteiger partial charge in [-0.25, -0.2) is 9.97 Å². The minimum atomic E-state index is 0.0643. The van der Waals surface area contributed by atoms with Gasteiger partial charge < -0.3 is 4.57 Å². The number of imidazole rings is 1. The van der Waals surface area contributed by atoms with E-state index in [9.17, 15) is 4.79 Å². The second kappa shape index (κ2) is 6.76. The van der Waals surface area contributed by atoms with Gasteiger partial charge in [0.25, 0.3) is 0 Å². The molecule has 1 aliphatic heterocycles. The lowest BCUT2D eigenvalue weighted by molar-refractivity contribution is 0.0797. The van der Waals surface area contributed by atoms with Crippen LogP contribution in [0.2, 0.25) is 0 Å². The number of Topliss-reactive ketones (excluding diaryl/α,β-unsaturated/α-hetero) is 1. The molecular weight excluding hydrogens is 320 g/mol. The van der Waals surface area contributed by atoms with Crippen molar-refractivity contribution in [1.29, 1.82) is 0 Å². The minimum absolute atomic E-state index is 0.0643. The summed E-state index contributed by atoms with van der Waals surface area (Å²) in [6.45, 7) is 2.78. The molecule has 1 atom stereocenters. The normalized spacial score (nSPS) is 21.6. The molecule has 1 saturated heterocycles. The van der Waals surface area contributed by atoms with Crippen LogP contribution in [0.1, 0.15) is 51.9 Å². The van der Waals surface area contributed by atoms with Crippen LogP contribution in [0.25, 0.3) is 0 Å². The molecule has 0 unspecified atom stereocenters. The van der Waals surface area contributed by atoms with E-state index in [-0.39, 0.29) is 11.7 Å². The van der Waals surface area contributed by atoms with Crippen molar-refractivity contribution in [2.45, 2.75) is 45.1 Å². The number of aryl methyl sites for hydroxylation is 3. The number of likely N-dealkylation sites (tertiary alicyclic amines) is 1. The molecule has 3 heterocycles. The highest BCUT2D eigenvalue weighted by molar-refractivity contribution is 7.11. The molecule has 128 valence electrons. The molecule has 0 N–H and O–H groups in total. The molecule has 0 amide bonds. The summed E-state index contributed by atoms with van der Waals surface area (Å²) in [5.74, 6) is 0.839. The molecule has 0 radical (unpaired) electrons. The molecule has 6 heteroatoms. The summed E-state index contributed by atoms with van der Waals surface area (Å²) in [6, 6.07) is 0. The van der Waals surface area contributed by atoms with Crippen molar-refractivity contribution >= 4 is 17.1 Å². The van der Waals surface area contributed by atoms with Crippen LogP contribution in [-0.4, -0.2) is 38.3 Å². The molecule has 1 fully saturated rings. The van der Waals surface area contributed by atoms with Gasteiger partial charge in [0.2, 0.25) is 5.78 Å². The molecule has 2 aliphatic rings. The van der Waals surface area contributed by atoms with Gasteiger partial charge in [-0.1, -0.05) is 0 Å². The van der Waals surface area contributed by atoms with Crippen molar-refractivity contribution in [2.75, 3.05) is 13.1 Å². The van der Waals surface area contributed by atoms with Crippen LogP contribution in [0.5, 0.6) is 0 Å². The summed E-state index contributed by atoms with van der Waals surface area (Å²) in [5, 5.41) is 1.23. The third-order valence-corrected chi connectivity index (χ3v) is 6.31.